The average Bonchev–Trinajstić information content (AvgIpc) is 2.98. The molecule has 3 aromatic rings. The summed E-state index contributed by atoms with van der Waals surface area (Å²) in [5.41, 5.74) is 0.00530. The standard InChI is InChI=1S/C15H12ClF3N4O2/c1-8(7-24)23-12-5-10(6-20-14(12)21-22-23)25-13-3-2-9(4-11(13)16)15(17,18)19/h2-6,8,24H,7H2,1H3. The maximum Gasteiger partial charge on any atom is 0.416 e. The van der Waals surface area contributed by atoms with E-state index in [1.165, 1.54) is 10.9 Å². The second-order valence-electron chi connectivity index (χ2n) is 5.32. The number of aliphatic hydroxyl groups excluding tert-OH is 1. The number of aliphatic hydroxyl groups is 1. The number of halogens is 4. The summed E-state index contributed by atoms with van der Waals surface area (Å²) in [5.74, 6) is 0.313. The van der Waals surface area contributed by atoms with Gasteiger partial charge in [0.2, 0.25) is 5.65 Å². The molecule has 0 bridgehead atoms. The molecular weight excluding hydrogens is 361 g/mol. The Balaban J connectivity index is 1.93. The molecule has 2 heterocycles. The molecule has 0 saturated carbocycles. The van der Waals surface area contributed by atoms with Crippen molar-refractivity contribution in [3.05, 3.63) is 41.0 Å². The molecule has 0 spiro atoms. The number of hydrogen-bond donors (Lipinski definition) is 1. The predicted octanol–water partition coefficient (Wildman–Crippen LogP) is 3.84. The van der Waals surface area contributed by atoms with Gasteiger partial charge in [-0.1, -0.05) is 16.8 Å². The largest absolute Gasteiger partial charge is 0.454 e. The first-order valence-electron chi connectivity index (χ1n) is 7.16. The van der Waals surface area contributed by atoms with E-state index in [1.54, 1.807) is 13.0 Å². The van der Waals surface area contributed by atoms with E-state index in [0.717, 1.165) is 18.2 Å². The number of hydrogen-bond acceptors (Lipinski definition) is 5. The molecule has 1 aromatic carbocycles. The zero-order valence-electron chi connectivity index (χ0n) is 12.8. The van der Waals surface area contributed by atoms with Crippen LogP contribution >= 0.6 is 11.6 Å². The number of alkyl halides is 3. The van der Waals surface area contributed by atoms with E-state index in [0.29, 0.717) is 11.2 Å². The molecular formula is C15H12ClF3N4O2. The van der Waals surface area contributed by atoms with Crippen molar-refractivity contribution in [2.75, 3.05) is 6.61 Å². The van der Waals surface area contributed by atoms with Crippen LogP contribution in [0.1, 0.15) is 18.5 Å². The first-order valence-corrected chi connectivity index (χ1v) is 7.54. The third-order valence-corrected chi connectivity index (χ3v) is 3.77. The lowest BCUT2D eigenvalue weighted by Gasteiger charge is -2.12. The van der Waals surface area contributed by atoms with Crippen LogP contribution in [0.4, 0.5) is 13.2 Å². The molecule has 0 saturated heterocycles. The summed E-state index contributed by atoms with van der Waals surface area (Å²) in [6.07, 6.45) is -3.12. The first-order chi connectivity index (χ1) is 11.8. The molecule has 10 heteroatoms. The molecule has 132 valence electrons. The van der Waals surface area contributed by atoms with E-state index >= 15 is 0 Å². The zero-order valence-corrected chi connectivity index (χ0v) is 13.6. The fourth-order valence-electron chi connectivity index (χ4n) is 2.16. The van der Waals surface area contributed by atoms with Gasteiger partial charge in [-0.2, -0.15) is 13.2 Å². The molecule has 25 heavy (non-hydrogen) atoms. The van der Waals surface area contributed by atoms with Crippen LogP contribution in [0.15, 0.2) is 30.5 Å². The highest BCUT2D eigenvalue weighted by atomic mass is 35.5. The lowest BCUT2D eigenvalue weighted by molar-refractivity contribution is -0.137. The van der Waals surface area contributed by atoms with Gasteiger partial charge in [0, 0.05) is 6.07 Å². The Morgan fingerprint density at radius 2 is 2.08 bits per heavy atom. The Kier molecular flexibility index (Phi) is 4.53. The van der Waals surface area contributed by atoms with Gasteiger partial charge in [-0.3, -0.25) is 0 Å². The molecule has 1 unspecified atom stereocenters. The summed E-state index contributed by atoms with van der Waals surface area (Å²) in [6.45, 7) is 1.60. The molecule has 1 N–H and O–H groups in total. The fourth-order valence-corrected chi connectivity index (χ4v) is 2.38. The van der Waals surface area contributed by atoms with Crippen molar-refractivity contribution in [2.45, 2.75) is 19.1 Å². The SMILES string of the molecule is CC(CO)n1nnc2ncc(Oc3ccc(C(F)(F)F)cc3Cl)cc21. The van der Waals surface area contributed by atoms with Crippen LogP contribution in [0.25, 0.3) is 11.2 Å². The van der Waals surface area contributed by atoms with Crippen molar-refractivity contribution in [2.24, 2.45) is 0 Å². The highest BCUT2D eigenvalue weighted by Crippen LogP contribution is 2.36. The Hall–Kier alpha value is -2.39. The van der Waals surface area contributed by atoms with E-state index in [-0.39, 0.29) is 29.2 Å². The van der Waals surface area contributed by atoms with Gasteiger partial charge in [-0.15, -0.1) is 5.10 Å². The van der Waals surface area contributed by atoms with E-state index in [1.807, 2.05) is 0 Å². The molecule has 0 aliphatic heterocycles. The summed E-state index contributed by atoms with van der Waals surface area (Å²) < 4.78 is 45.0. The van der Waals surface area contributed by atoms with Gasteiger partial charge in [0.25, 0.3) is 0 Å². The van der Waals surface area contributed by atoms with Crippen LogP contribution in [0, 0.1) is 0 Å². The molecule has 0 fully saturated rings. The highest BCUT2D eigenvalue weighted by molar-refractivity contribution is 6.32. The minimum absolute atomic E-state index is 0.0602. The highest BCUT2D eigenvalue weighted by Gasteiger charge is 2.31. The van der Waals surface area contributed by atoms with Crippen molar-refractivity contribution >= 4 is 22.8 Å². The molecule has 0 aliphatic carbocycles. The second kappa shape index (κ2) is 6.49. The smallest absolute Gasteiger partial charge is 0.416 e. The topological polar surface area (TPSA) is 73.1 Å². The first kappa shape index (κ1) is 17.4. The predicted molar refractivity (Wildman–Crippen MR) is 83.6 cm³/mol. The minimum Gasteiger partial charge on any atom is -0.454 e. The van der Waals surface area contributed by atoms with Crippen molar-refractivity contribution in [3.8, 4) is 11.5 Å². The van der Waals surface area contributed by atoms with Crippen molar-refractivity contribution in [3.63, 3.8) is 0 Å². The number of aromatic nitrogens is 4. The summed E-state index contributed by atoms with van der Waals surface area (Å²) in [5, 5.41) is 16.9. The Morgan fingerprint density at radius 1 is 1.32 bits per heavy atom. The maximum atomic E-state index is 12.7. The van der Waals surface area contributed by atoms with Crippen LogP contribution in [0.5, 0.6) is 11.5 Å². The molecule has 2 aromatic heterocycles. The lowest BCUT2D eigenvalue weighted by atomic mass is 10.2. The summed E-state index contributed by atoms with van der Waals surface area (Å²) >= 11 is 5.88. The van der Waals surface area contributed by atoms with Crippen LogP contribution in [-0.4, -0.2) is 31.7 Å². The Labute approximate surface area is 144 Å². The molecule has 0 aliphatic rings. The number of pyridine rings is 1. The second-order valence-corrected chi connectivity index (χ2v) is 5.73. The Morgan fingerprint density at radius 3 is 2.72 bits per heavy atom. The number of benzene rings is 1. The fraction of sp³-hybridized carbons (Fsp3) is 0.267. The summed E-state index contributed by atoms with van der Waals surface area (Å²) in [7, 11) is 0. The molecule has 0 radical (unpaired) electrons. The van der Waals surface area contributed by atoms with Crippen LogP contribution < -0.4 is 4.74 Å². The van der Waals surface area contributed by atoms with E-state index in [9.17, 15) is 18.3 Å². The van der Waals surface area contributed by atoms with E-state index in [2.05, 4.69) is 15.3 Å². The number of rotatable bonds is 4. The van der Waals surface area contributed by atoms with Crippen molar-refractivity contribution < 1.29 is 23.0 Å². The summed E-state index contributed by atoms with van der Waals surface area (Å²) in [4.78, 5) is 4.08. The van der Waals surface area contributed by atoms with Gasteiger partial charge in [0.1, 0.15) is 17.0 Å². The molecule has 0 amide bonds. The number of ether oxygens (including phenoxy) is 1. The van der Waals surface area contributed by atoms with Gasteiger partial charge in [0.15, 0.2) is 0 Å². The zero-order chi connectivity index (χ0) is 18.2. The lowest BCUT2D eigenvalue weighted by Crippen LogP contribution is -2.10. The van der Waals surface area contributed by atoms with Crippen molar-refractivity contribution in [1.82, 2.24) is 20.0 Å². The number of nitrogens with zero attached hydrogens (tertiary/aromatic N) is 4. The monoisotopic (exact) mass is 372 g/mol. The molecule has 6 nitrogen and oxygen atoms in total. The van der Waals surface area contributed by atoms with E-state index < -0.39 is 11.7 Å². The van der Waals surface area contributed by atoms with E-state index in [4.69, 9.17) is 16.3 Å². The molecule has 3 rings (SSSR count). The Bertz CT molecular complexity index is 913. The van der Waals surface area contributed by atoms with Gasteiger partial charge >= 0.3 is 6.18 Å². The quantitative estimate of drug-likeness (QED) is 0.753. The summed E-state index contributed by atoms with van der Waals surface area (Å²) in [6, 6.07) is 4.07. The normalized spacial score (nSPS) is 13.2. The third-order valence-electron chi connectivity index (χ3n) is 3.47. The van der Waals surface area contributed by atoms with Gasteiger partial charge < -0.3 is 9.84 Å². The average molecular weight is 373 g/mol. The number of fused-ring (bicyclic) bond motifs is 1. The van der Waals surface area contributed by atoms with Crippen LogP contribution in [0.2, 0.25) is 5.02 Å². The van der Waals surface area contributed by atoms with Gasteiger partial charge in [0.05, 0.1) is 29.4 Å². The van der Waals surface area contributed by atoms with Crippen LogP contribution in [-0.2, 0) is 6.18 Å². The van der Waals surface area contributed by atoms with Crippen molar-refractivity contribution in [1.29, 1.82) is 0 Å². The van der Waals surface area contributed by atoms with Gasteiger partial charge in [-0.05, 0) is 25.1 Å². The third kappa shape index (κ3) is 3.52. The minimum atomic E-state index is -4.48. The molecule has 1 atom stereocenters. The maximum absolute atomic E-state index is 12.7. The van der Waals surface area contributed by atoms with Gasteiger partial charge in [-0.25, -0.2) is 9.67 Å². The van der Waals surface area contributed by atoms with Crippen LogP contribution in [0.3, 0.4) is 0 Å².